The molecule has 1 aliphatic carbocycles. The molecule has 1 aliphatic rings. The van der Waals surface area contributed by atoms with Crippen LogP contribution in [0.2, 0.25) is 0 Å². The lowest BCUT2D eigenvalue weighted by Gasteiger charge is -2.11. The van der Waals surface area contributed by atoms with E-state index in [0.29, 0.717) is 0 Å². The summed E-state index contributed by atoms with van der Waals surface area (Å²) in [6, 6.07) is 0. The van der Waals surface area contributed by atoms with E-state index in [9.17, 15) is 4.79 Å². The molecule has 1 unspecified atom stereocenters. The van der Waals surface area contributed by atoms with E-state index in [1.807, 2.05) is 31.2 Å². The molecule has 1 rings (SSSR count). The second-order valence-corrected chi connectivity index (χ2v) is 2.41. The molecule has 0 saturated heterocycles. The molecule has 0 bridgehead atoms. The number of hydrogen-bond acceptors (Lipinski definition) is 1. The molecule has 2 nitrogen and oxygen atoms in total. The van der Waals surface area contributed by atoms with E-state index >= 15 is 0 Å². The minimum Gasteiger partial charge on any atom is -0.369 e. The van der Waals surface area contributed by atoms with Gasteiger partial charge in [0.25, 0.3) is 0 Å². The Labute approximate surface area is 66.1 Å². The lowest BCUT2D eigenvalue weighted by atomic mass is 9.94. The maximum atomic E-state index is 10.8. The van der Waals surface area contributed by atoms with Crippen LogP contribution in [0.25, 0.3) is 0 Å². The number of primary amides is 1. The third-order valence-corrected chi connectivity index (χ3v) is 1.70. The summed E-state index contributed by atoms with van der Waals surface area (Å²) in [7, 11) is 0. The number of hydrogen-bond donors (Lipinski definition) is 1. The first kappa shape index (κ1) is 7.79. The van der Waals surface area contributed by atoms with Gasteiger partial charge in [-0.25, -0.2) is 0 Å². The number of carbonyl (C=O) groups is 1. The monoisotopic (exact) mass is 149 g/mol. The number of rotatable bonds is 1. The van der Waals surface area contributed by atoms with Gasteiger partial charge < -0.3 is 5.73 Å². The van der Waals surface area contributed by atoms with Crippen molar-refractivity contribution in [2.24, 2.45) is 11.7 Å². The van der Waals surface area contributed by atoms with Crippen molar-refractivity contribution in [3.63, 3.8) is 0 Å². The van der Waals surface area contributed by atoms with Gasteiger partial charge in [0.05, 0.1) is 5.92 Å². The van der Waals surface area contributed by atoms with Gasteiger partial charge in [0.2, 0.25) is 5.91 Å². The fourth-order valence-electron chi connectivity index (χ4n) is 1.09. The summed E-state index contributed by atoms with van der Waals surface area (Å²) in [5.74, 6) is -0.524. The molecule has 0 radical (unpaired) electrons. The van der Waals surface area contributed by atoms with Crippen molar-refractivity contribution in [2.75, 3.05) is 0 Å². The van der Waals surface area contributed by atoms with Gasteiger partial charge in [-0.15, -0.1) is 0 Å². The van der Waals surface area contributed by atoms with Gasteiger partial charge in [-0.3, -0.25) is 4.79 Å². The average Bonchev–Trinajstić information content (AvgIpc) is 2.04. The van der Waals surface area contributed by atoms with E-state index in [-0.39, 0.29) is 11.8 Å². The van der Waals surface area contributed by atoms with Crippen LogP contribution in [0, 0.1) is 5.92 Å². The summed E-state index contributed by atoms with van der Waals surface area (Å²) in [5.41, 5.74) is 6.14. The largest absolute Gasteiger partial charge is 0.369 e. The van der Waals surface area contributed by atoms with Crippen molar-refractivity contribution >= 4 is 5.91 Å². The molecular weight excluding hydrogens is 138 g/mol. The molecule has 1 amide bonds. The summed E-state index contributed by atoms with van der Waals surface area (Å²) >= 11 is 0. The molecule has 0 saturated carbocycles. The summed E-state index contributed by atoms with van der Waals surface area (Å²) in [5, 5.41) is 0. The number of allylic oxidation sites excluding steroid dienone is 4. The van der Waals surface area contributed by atoms with Gasteiger partial charge >= 0.3 is 0 Å². The number of amides is 1. The Morgan fingerprint density at radius 1 is 1.64 bits per heavy atom. The Morgan fingerprint density at radius 2 is 2.36 bits per heavy atom. The summed E-state index contributed by atoms with van der Waals surface area (Å²) in [6.45, 7) is 1.90. The summed E-state index contributed by atoms with van der Waals surface area (Å²) in [4.78, 5) is 10.8. The van der Waals surface area contributed by atoms with Crippen molar-refractivity contribution in [1.82, 2.24) is 0 Å². The SMILES string of the molecule is CC=C1C=CC=CC1C(N)=O. The molecule has 2 heteroatoms. The van der Waals surface area contributed by atoms with Crippen LogP contribution in [0.3, 0.4) is 0 Å². The van der Waals surface area contributed by atoms with Gasteiger partial charge in [0.1, 0.15) is 0 Å². The fraction of sp³-hybridized carbons (Fsp3) is 0.222. The standard InChI is InChI=1S/C9H11NO/c1-2-7-5-3-4-6-8(7)9(10)11/h2-6,8H,1H3,(H2,10,11). The summed E-state index contributed by atoms with van der Waals surface area (Å²) < 4.78 is 0. The zero-order valence-corrected chi connectivity index (χ0v) is 6.45. The molecule has 0 fully saturated rings. The molecule has 0 aromatic rings. The first-order chi connectivity index (χ1) is 5.25. The van der Waals surface area contributed by atoms with Crippen LogP contribution in [0.1, 0.15) is 6.92 Å². The van der Waals surface area contributed by atoms with Crippen LogP contribution in [0.15, 0.2) is 36.0 Å². The summed E-state index contributed by atoms with van der Waals surface area (Å²) in [6.07, 6.45) is 9.33. The van der Waals surface area contributed by atoms with E-state index in [1.54, 1.807) is 6.08 Å². The second kappa shape index (κ2) is 3.19. The molecule has 0 aromatic carbocycles. The minimum absolute atomic E-state index is 0.231. The molecule has 2 N–H and O–H groups in total. The van der Waals surface area contributed by atoms with Gasteiger partial charge in [0.15, 0.2) is 0 Å². The molecule has 0 spiro atoms. The zero-order valence-electron chi connectivity index (χ0n) is 6.45. The predicted molar refractivity (Wildman–Crippen MR) is 44.7 cm³/mol. The van der Waals surface area contributed by atoms with Crippen LogP contribution in [0.4, 0.5) is 0 Å². The highest BCUT2D eigenvalue weighted by atomic mass is 16.1. The minimum atomic E-state index is -0.293. The predicted octanol–water partition coefficient (Wildman–Crippen LogP) is 1.16. The van der Waals surface area contributed by atoms with Crippen molar-refractivity contribution < 1.29 is 4.79 Å². The normalized spacial score (nSPS) is 25.9. The molecule has 11 heavy (non-hydrogen) atoms. The van der Waals surface area contributed by atoms with Crippen LogP contribution in [0.5, 0.6) is 0 Å². The van der Waals surface area contributed by atoms with Gasteiger partial charge in [-0.2, -0.15) is 0 Å². The van der Waals surface area contributed by atoms with Crippen LogP contribution in [-0.2, 0) is 4.79 Å². The highest BCUT2D eigenvalue weighted by Gasteiger charge is 2.15. The van der Waals surface area contributed by atoms with Crippen molar-refractivity contribution in [3.8, 4) is 0 Å². The highest BCUT2D eigenvalue weighted by molar-refractivity contribution is 5.83. The Balaban J connectivity index is 2.88. The molecule has 58 valence electrons. The molecule has 0 aromatic heterocycles. The highest BCUT2D eigenvalue weighted by Crippen LogP contribution is 2.17. The molecule has 0 aliphatic heterocycles. The van der Waals surface area contributed by atoms with Crippen LogP contribution < -0.4 is 5.73 Å². The van der Waals surface area contributed by atoms with E-state index in [2.05, 4.69) is 0 Å². The first-order valence-electron chi connectivity index (χ1n) is 3.56. The third kappa shape index (κ3) is 1.58. The lowest BCUT2D eigenvalue weighted by Crippen LogP contribution is -2.23. The molecule has 1 atom stereocenters. The van der Waals surface area contributed by atoms with Crippen molar-refractivity contribution in [1.29, 1.82) is 0 Å². The van der Waals surface area contributed by atoms with Gasteiger partial charge in [0, 0.05) is 0 Å². The topological polar surface area (TPSA) is 43.1 Å². The van der Waals surface area contributed by atoms with Gasteiger partial charge in [-0.1, -0.05) is 30.4 Å². The smallest absolute Gasteiger partial charge is 0.228 e. The Morgan fingerprint density at radius 3 is 2.82 bits per heavy atom. The quantitative estimate of drug-likeness (QED) is 0.597. The van der Waals surface area contributed by atoms with E-state index in [0.717, 1.165) is 5.57 Å². The maximum absolute atomic E-state index is 10.8. The van der Waals surface area contributed by atoms with E-state index < -0.39 is 0 Å². The lowest BCUT2D eigenvalue weighted by molar-refractivity contribution is -0.119. The van der Waals surface area contributed by atoms with Crippen LogP contribution >= 0.6 is 0 Å². The third-order valence-electron chi connectivity index (χ3n) is 1.70. The van der Waals surface area contributed by atoms with Crippen molar-refractivity contribution in [3.05, 3.63) is 36.0 Å². The van der Waals surface area contributed by atoms with Crippen molar-refractivity contribution in [2.45, 2.75) is 6.92 Å². The number of nitrogens with two attached hydrogens (primary N) is 1. The average molecular weight is 149 g/mol. The van der Waals surface area contributed by atoms with Crippen LogP contribution in [-0.4, -0.2) is 5.91 Å². The Bertz CT molecular complexity index is 248. The van der Waals surface area contributed by atoms with Gasteiger partial charge in [-0.05, 0) is 12.5 Å². The zero-order chi connectivity index (χ0) is 8.27. The first-order valence-corrected chi connectivity index (χ1v) is 3.56. The van der Waals surface area contributed by atoms with E-state index in [1.165, 1.54) is 0 Å². The number of carbonyl (C=O) groups excluding carboxylic acids is 1. The fourth-order valence-corrected chi connectivity index (χ4v) is 1.09. The second-order valence-electron chi connectivity index (χ2n) is 2.41. The Kier molecular flexibility index (Phi) is 2.26. The van der Waals surface area contributed by atoms with E-state index in [4.69, 9.17) is 5.73 Å². The molecule has 0 heterocycles. The molecular formula is C9H11NO. The maximum Gasteiger partial charge on any atom is 0.228 e. The Hall–Kier alpha value is -1.31.